The normalized spacial score (nSPS) is 21.4. The van der Waals surface area contributed by atoms with Crippen molar-refractivity contribution < 1.29 is 0 Å². The highest BCUT2D eigenvalue weighted by molar-refractivity contribution is 5.34. The second kappa shape index (κ2) is 3.40. The van der Waals surface area contributed by atoms with E-state index in [1.54, 1.807) is 0 Å². The Labute approximate surface area is 62.9 Å². The maximum atomic E-state index is 2.28. The molecule has 0 bridgehead atoms. The van der Waals surface area contributed by atoms with Gasteiger partial charge in [0.05, 0.1) is 0 Å². The number of hydrogen-bond acceptors (Lipinski definition) is 0. The molecular formula is C10H14. The van der Waals surface area contributed by atoms with Crippen molar-refractivity contribution in [3.63, 3.8) is 0 Å². The minimum atomic E-state index is 1.12. The van der Waals surface area contributed by atoms with Gasteiger partial charge in [-0.15, -0.1) is 0 Å². The lowest BCUT2D eigenvalue weighted by Crippen LogP contribution is -1.83. The first kappa shape index (κ1) is 7.33. The highest BCUT2D eigenvalue weighted by atomic mass is 14.0. The van der Waals surface area contributed by atoms with Crippen LogP contribution in [0.15, 0.2) is 35.5 Å². The van der Waals surface area contributed by atoms with Crippen LogP contribution in [-0.2, 0) is 0 Å². The summed E-state index contributed by atoms with van der Waals surface area (Å²) in [6.07, 6.45) is 11.2. The van der Waals surface area contributed by atoms with Gasteiger partial charge in [-0.3, -0.25) is 0 Å². The van der Waals surface area contributed by atoms with Crippen LogP contribution in [0.2, 0.25) is 0 Å². The van der Waals surface area contributed by atoms with E-state index in [1.165, 1.54) is 11.1 Å². The Morgan fingerprint density at radius 1 is 1.50 bits per heavy atom. The third-order valence-corrected chi connectivity index (χ3v) is 1.69. The van der Waals surface area contributed by atoms with E-state index >= 15 is 0 Å². The molecule has 0 aromatic rings. The van der Waals surface area contributed by atoms with Gasteiger partial charge in [0.2, 0.25) is 0 Å². The van der Waals surface area contributed by atoms with Crippen LogP contribution in [0, 0.1) is 0 Å². The summed E-state index contributed by atoms with van der Waals surface area (Å²) in [5.41, 5.74) is 2.83. The molecule has 0 N–H and O–H groups in total. The monoisotopic (exact) mass is 134 g/mol. The van der Waals surface area contributed by atoms with Crippen molar-refractivity contribution in [2.45, 2.75) is 26.7 Å². The molecule has 0 heteroatoms. The molecule has 1 aliphatic carbocycles. The van der Waals surface area contributed by atoms with Crippen LogP contribution in [0.4, 0.5) is 0 Å². The molecule has 54 valence electrons. The molecule has 0 atom stereocenters. The third-order valence-electron chi connectivity index (χ3n) is 1.69. The van der Waals surface area contributed by atoms with Crippen molar-refractivity contribution in [1.82, 2.24) is 0 Å². The smallest absolute Gasteiger partial charge is 0.00949 e. The largest absolute Gasteiger partial charge is 0.0813 e. The van der Waals surface area contributed by atoms with Crippen LogP contribution >= 0.6 is 0 Å². The van der Waals surface area contributed by atoms with Gasteiger partial charge in [0, 0.05) is 0 Å². The first-order valence-corrected chi connectivity index (χ1v) is 3.87. The van der Waals surface area contributed by atoms with Crippen molar-refractivity contribution in [3.8, 4) is 0 Å². The van der Waals surface area contributed by atoms with Gasteiger partial charge in [-0.1, -0.05) is 36.8 Å². The molecule has 0 aromatic carbocycles. The van der Waals surface area contributed by atoms with Crippen molar-refractivity contribution >= 4 is 0 Å². The molecule has 1 rings (SSSR count). The summed E-state index contributed by atoms with van der Waals surface area (Å²) in [7, 11) is 0. The molecule has 0 nitrogen and oxygen atoms in total. The van der Waals surface area contributed by atoms with E-state index in [2.05, 4.69) is 38.2 Å². The Morgan fingerprint density at radius 2 is 2.30 bits per heavy atom. The lowest BCUT2D eigenvalue weighted by Gasteiger charge is -2.03. The molecule has 0 aromatic heterocycles. The van der Waals surface area contributed by atoms with Crippen LogP contribution in [0.3, 0.4) is 0 Å². The minimum absolute atomic E-state index is 1.12. The van der Waals surface area contributed by atoms with Gasteiger partial charge >= 0.3 is 0 Å². The summed E-state index contributed by atoms with van der Waals surface area (Å²) in [6, 6.07) is 0. The highest BCUT2D eigenvalue weighted by Gasteiger charge is 1.94. The van der Waals surface area contributed by atoms with E-state index in [0.717, 1.165) is 12.8 Å². The summed E-state index contributed by atoms with van der Waals surface area (Å²) in [4.78, 5) is 0. The molecule has 0 amide bonds. The topological polar surface area (TPSA) is 0 Å². The van der Waals surface area contributed by atoms with Gasteiger partial charge < -0.3 is 0 Å². The average molecular weight is 134 g/mol. The zero-order valence-electron chi connectivity index (χ0n) is 6.72. The van der Waals surface area contributed by atoms with E-state index in [4.69, 9.17) is 0 Å². The Hall–Kier alpha value is -0.780. The summed E-state index contributed by atoms with van der Waals surface area (Å²) < 4.78 is 0. The van der Waals surface area contributed by atoms with Crippen LogP contribution in [0.5, 0.6) is 0 Å². The van der Waals surface area contributed by atoms with Crippen molar-refractivity contribution in [1.29, 1.82) is 0 Å². The molecule has 0 heterocycles. The summed E-state index contributed by atoms with van der Waals surface area (Å²) in [5, 5.41) is 0. The van der Waals surface area contributed by atoms with Crippen LogP contribution in [0.25, 0.3) is 0 Å². The number of hydrogen-bond donors (Lipinski definition) is 0. The van der Waals surface area contributed by atoms with Gasteiger partial charge in [0.25, 0.3) is 0 Å². The molecule has 1 aliphatic rings. The minimum Gasteiger partial charge on any atom is -0.0813 e. The SMILES string of the molecule is CC/C=C1/C=CC(C)=CC1. The fourth-order valence-electron chi connectivity index (χ4n) is 1.07. The quantitative estimate of drug-likeness (QED) is 0.516. The van der Waals surface area contributed by atoms with Crippen molar-refractivity contribution in [2.24, 2.45) is 0 Å². The van der Waals surface area contributed by atoms with E-state index in [0.29, 0.717) is 0 Å². The van der Waals surface area contributed by atoms with E-state index in [1.807, 2.05) is 0 Å². The molecule has 0 saturated carbocycles. The summed E-state index contributed by atoms with van der Waals surface area (Å²) in [5.74, 6) is 0. The van der Waals surface area contributed by atoms with Crippen LogP contribution in [-0.4, -0.2) is 0 Å². The summed E-state index contributed by atoms with van der Waals surface area (Å²) in [6.45, 7) is 4.31. The Bertz CT molecular complexity index is 192. The predicted octanol–water partition coefficient (Wildman–Crippen LogP) is 3.23. The first-order valence-electron chi connectivity index (χ1n) is 3.87. The van der Waals surface area contributed by atoms with Gasteiger partial charge in [-0.2, -0.15) is 0 Å². The van der Waals surface area contributed by atoms with E-state index in [9.17, 15) is 0 Å². The average Bonchev–Trinajstić information content (AvgIpc) is 1.95. The lowest BCUT2D eigenvalue weighted by molar-refractivity contribution is 1.14. The molecule has 0 unspecified atom stereocenters. The zero-order chi connectivity index (χ0) is 7.40. The highest BCUT2D eigenvalue weighted by Crippen LogP contribution is 2.14. The van der Waals surface area contributed by atoms with Gasteiger partial charge in [-0.05, 0) is 25.3 Å². The van der Waals surface area contributed by atoms with Crippen LogP contribution < -0.4 is 0 Å². The van der Waals surface area contributed by atoms with E-state index < -0.39 is 0 Å². The molecule has 0 saturated heterocycles. The lowest BCUT2D eigenvalue weighted by atomic mass is 10.0. The molecule has 0 spiro atoms. The van der Waals surface area contributed by atoms with Gasteiger partial charge in [0.1, 0.15) is 0 Å². The maximum absolute atomic E-state index is 2.28. The second-order valence-corrected chi connectivity index (χ2v) is 2.67. The zero-order valence-corrected chi connectivity index (χ0v) is 6.72. The third kappa shape index (κ3) is 1.87. The van der Waals surface area contributed by atoms with Crippen LogP contribution in [0.1, 0.15) is 26.7 Å². The number of rotatable bonds is 1. The predicted molar refractivity (Wildman–Crippen MR) is 45.9 cm³/mol. The standard InChI is InChI=1S/C10H14/c1-3-4-10-7-5-9(2)6-8-10/h4-7H,3,8H2,1-2H3/b10-4-. The maximum Gasteiger partial charge on any atom is -0.00949 e. The van der Waals surface area contributed by atoms with Crippen molar-refractivity contribution in [3.05, 3.63) is 35.5 Å². The molecule has 0 radical (unpaired) electrons. The first-order chi connectivity index (χ1) is 4.83. The fraction of sp³-hybridized carbons (Fsp3) is 0.400. The fourth-order valence-corrected chi connectivity index (χ4v) is 1.07. The van der Waals surface area contributed by atoms with Gasteiger partial charge in [-0.25, -0.2) is 0 Å². The van der Waals surface area contributed by atoms with E-state index in [-0.39, 0.29) is 0 Å². The Kier molecular flexibility index (Phi) is 2.49. The molecule has 0 aliphatic heterocycles. The van der Waals surface area contributed by atoms with Crippen molar-refractivity contribution in [2.75, 3.05) is 0 Å². The molecule has 10 heavy (non-hydrogen) atoms. The second-order valence-electron chi connectivity index (χ2n) is 2.67. The number of allylic oxidation sites excluding steroid dienone is 6. The van der Waals surface area contributed by atoms with Gasteiger partial charge in [0.15, 0.2) is 0 Å². The summed E-state index contributed by atoms with van der Waals surface area (Å²) >= 11 is 0. The Morgan fingerprint density at radius 3 is 2.80 bits per heavy atom. The molecule has 0 fully saturated rings. The molecular weight excluding hydrogens is 120 g/mol. The Balaban J connectivity index is 2.60.